The first-order valence-corrected chi connectivity index (χ1v) is 6.59. The highest BCUT2D eigenvalue weighted by Crippen LogP contribution is 2.25. The van der Waals surface area contributed by atoms with E-state index < -0.39 is 0 Å². The molecule has 1 saturated heterocycles. The first kappa shape index (κ1) is 12.5. The molecule has 96 valence electrons. The van der Waals surface area contributed by atoms with Crippen molar-refractivity contribution in [2.45, 2.75) is 51.8 Å². The van der Waals surface area contributed by atoms with Gasteiger partial charge in [0.15, 0.2) is 0 Å². The zero-order valence-electron chi connectivity index (χ0n) is 10.7. The topological polar surface area (TPSA) is 52.0 Å². The molecule has 1 fully saturated rings. The molecule has 17 heavy (non-hydrogen) atoms. The Balaban J connectivity index is 2.15. The van der Waals surface area contributed by atoms with Crippen LogP contribution in [0, 0.1) is 0 Å². The van der Waals surface area contributed by atoms with Gasteiger partial charge in [-0.25, -0.2) is 9.67 Å². The molecule has 0 spiro atoms. The van der Waals surface area contributed by atoms with Crippen molar-refractivity contribution in [1.29, 1.82) is 0 Å². The van der Waals surface area contributed by atoms with Crippen LogP contribution in [0.2, 0.25) is 0 Å². The van der Waals surface area contributed by atoms with Gasteiger partial charge >= 0.3 is 0 Å². The minimum absolute atomic E-state index is 0.169. The third kappa shape index (κ3) is 2.84. The lowest BCUT2D eigenvalue weighted by atomic mass is 10.0. The van der Waals surface area contributed by atoms with Crippen molar-refractivity contribution in [2.75, 3.05) is 13.2 Å². The van der Waals surface area contributed by atoms with E-state index in [1.54, 1.807) is 6.33 Å². The summed E-state index contributed by atoms with van der Waals surface area (Å²) in [4.78, 5) is 4.39. The fraction of sp³-hybridized carbons (Fsp3) is 0.833. The quantitative estimate of drug-likeness (QED) is 0.845. The van der Waals surface area contributed by atoms with Crippen LogP contribution in [0.3, 0.4) is 0 Å². The molecule has 5 nitrogen and oxygen atoms in total. The van der Waals surface area contributed by atoms with E-state index in [0.29, 0.717) is 0 Å². The summed E-state index contributed by atoms with van der Waals surface area (Å²) in [7, 11) is 0. The molecule has 0 aliphatic carbocycles. The van der Waals surface area contributed by atoms with E-state index >= 15 is 0 Å². The number of aryl methyl sites for hydroxylation is 1. The summed E-state index contributed by atoms with van der Waals surface area (Å²) >= 11 is 0. The van der Waals surface area contributed by atoms with Gasteiger partial charge in [0.05, 0.1) is 12.1 Å². The lowest BCUT2D eigenvalue weighted by Gasteiger charge is -2.30. The van der Waals surface area contributed by atoms with Gasteiger partial charge in [0.25, 0.3) is 0 Å². The number of rotatable bonds is 5. The fourth-order valence-corrected chi connectivity index (χ4v) is 2.40. The van der Waals surface area contributed by atoms with Crippen molar-refractivity contribution in [3.05, 3.63) is 12.2 Å². The average Bonchev–Trinajstić information content (AvgIpc) is 2.85. The van der Waals surface area contributed by atoms with Crippen LogP contribution in [0.1, 0.15) is 45.0 Å². The largest absolute Gasteiger partial charge is 0.376 e. The Morgan fingerprint density at radius 2 is 2.41 bits per heavy atom. The molecule has 2 unspecified atom stereocenters. The summed E-state index contributed by atoms with van der Waals surface area (Å²) in [6.07, 6.45) is 5.39. The normalized spacial score (nSPS) is 22.6. The van der Waals surface area contributed by atoms with E-state index in [-0.39, 0.29) is 12.1 Å². The lowest BCUT2D eigenvalue weighted by Crippen LogP contribution is -2.37. The number of hydrogen-bond donors (Lipinski definition) is 1. The van der Waals surface area contributed by atoms with Gasteiger partial charge in [0, 0.05) is 13.2 Å². The highest BCUT2D eigenvalue weighted by atomic mass is 16.5. The van der Waals surface area contributed by atoms with Crippen LogP contribution < -0.4 is 5.32 Å². The first-order valence-electron chi connectivity index (χ1n) is 6.59. The summed E-state index contributed by atoms with van der Waals surface area (Å²) in [5.41, 5.74) is 0. The number of likely N-dealkylation sites (N-methyl/N-ethyl adjacent to an activating group) is 1. The Bertz CT molecular complexity index is 333. The van der Waals surface area contributed by atoms with Crippen molar-refractivity contribution in [3.63, 3.8) is 0 Å². The minimum Gasteiger partial charge on any atom is -0.376 e. The van der Waals surface area contributed by atoms with E-state index in [1.165, 1.54) is 12.8 Å². The Morgan fingerprint density at radius 3 is 3.06 bits per heavy atom. The zero-order chi connectivity index (χ0) is 12.1. The predicted octanol–water partition coefficient (Wildman–Crippen LogP) is 1.52. The molecule has 1 N–H and O–H groups in total. The minimum atomic E-state index is 0.169. The summed E-state index contributed by atoms with van der Waals surface area (Å²) < 4.78 is 7.82. The molecule has 0 saturated carbocycles. The Labute approximate surface area is 103 Å². The third-order valence-electron chi connectivity index (χ3n) is 3.23. The summed E-state index contributed by atoms with van der Waals surface area (Å²) in [5, 5.41) is 7.72. The van der Waals surface area contributed by atoms with Crippen molar-refractivity contribution >= 4 is 0 Å². The van der Waals surface area contributed by atoms with Crippen LogP contribution in [0.15, 0.2) is 6.33 Å². The average molecular weight is 238 g/mol. The number of nitrogens with zero attached hydrogens (tertiary/aromatic N) is 3. The molecule has 1 aromatic rings. The van der Waals surface area contributed by atoms with E-state index in [0.717, 1.165) is 31.9 Å². The molecule has 0 bridgehead atoms. The number of ether oxygens (including phenoxy) is 1. The lowest BCUT2D eigenvalue weighted by molar-refractivity contribution is -0.0106. The highest BCUT2D eigenvalue weighted by Gasteiger charge is 2.28. The predicted molar refractivity (Wildman–Crippen MR) is 65.7 cm³/mol. The van der Waals surface area contributed by atoms with Crippen molar-refractivity contribution in [1.82, 2.24) is 20.1 Å². The molecular weight excluding hydrogens is 216 g/mol. The Morgan fingerprint density at radius 1 is 1.53 bits per heavy atom. The second kappa shape index (κ2) is 6.12. The van der Waals surface area contributed by atoms with E-state index in [4.69, 9.17) is 4.74 Å². The third-order valence-corrected chi connectivity index (χ3v) is 3.23. The van der Waals surface area contributed by atoms with Gasteiger partial charge in [-0.2, -0.15) is 5.10 Å². The molecule has 5 heteroatoms. The van der Waals surface area contributed by atoms with Gasteiger partial charge in [-0.05, 0) is 32.7 Å². The molecule has 0 radical (unpaired) electrons. The first-order chi connectivity index (χ1) is 8.36. The molecular formula is C12H22N4O. The Kier molecular flexibility index (Phi) is 4.50. The van der Waals surface area contributed by atoms with Gasteiger partial charge in [0.2, 0.25) is 0 Å². The molecule has 1 aliphatic heterocycles. The SMILES string of the molecule is CCNC(c1ncnn1CC)C1CCCCO1. The fourth-order valence-electron chi connectivity index (χ4n) is 2.40. The van der Waals surface area contributed by atoms with Gasteiger partial charge in [-0.15, -0.1) is 0 Å². The van der Waals surface area contributed by atoms with Crippen molar-refractivity contribution in [2.24, 2.45) is 0 Å². The number of hydrogen-bond acceptors (Lipinski definition) is 4. The van der Waals surface area contributed by atoms with Gasteiger partial charge < -0.3 is 10.1 Å². The maximum absolute atomic E-state index is 5.87. The standard InChI is InChI=1S/C12H22N4O/c1-3-13-11(10-7-5-6-8-17-10)12-14-9-15-16(12)4-2/h9-11,13H,3-8H2,1-2H3. The smallest absolute Gasteiger partial charge is 0.146 e. The van der Waals surface area contributed by atoms with E-state index in [1.807, 2.05) is 4.68 Å². The van der Waals surface area contributed by atoms with E-state index in [9.17, 15) is 0 Å². The molecule has 2 rings (SSSR count). The maximum Gasteiger partial charge on any atom is 0.146 e. The summed E-state index contributed by atoms with van der Waals surface area (Å²) in [6, 6.07) is 0.169. The van der Waals surface area contributed by atoms with Gasteiger partial charge in [0.1, 0.15) is 12.2 Å². The van der Waals surface area contributed by atoms with Crippen molar-refractivity contribution in [3.8, 4) is 0 Å². The highest BCUT2D eigenvalue weighted by molar-refractivity contribution is 4.99. The van der Waals surface area contributed by atoms with Gasteiger partial charge in [-0.3, -0.25) is 0 Å². The number of nitrogens with one attached hydrogen (secondary N) is 1. The van der Waals surface area contributed by atoms with Crippen LogP contribution in [0.5, 0.6) is 0 Å². The Hall–Kier alpha value is -0.940. The second-order valence-electron chi connectivity index (χ2n) is 4.37. The maximum atomic E-state index is 5.87. The molecule has 1 aliphatic rings. The van der Waals surface area contributed by atoms with Gasteiger partial charge in [-0.1, -0.05) is 6.92 Å². The summed E-state index contributed by atoms with van der Waals surface area (Å²) in [6.45, 7) is 6.84. The van der Waals surface area contributed by atoms with Crippen LogP contribution in [-0.2, 0) is 11.3 Å². The molecule has 1 aromatic heterocycles. The molecule has 0 amide bonds. The van der Waals surface area contributed by atoms with Crippen LogP contribution in [0.4, 0.5) is 0 Å². The second-order valence-corrected chi connectivity index (χ2v) is 4.37. The van der Waals surface area contributed by atoms with Crippen LogP contribution >= 0.6 is 0 Å². The van der Waals surface area contributed by atoms with Crippen molar-refractivity contribution < 1.29 is 4.74 Å². The van der Waals surface area contributed by atoms with Crippen LogP contribution in [-0.4, -0.2) is 34.0 Å². The monoisotopic (exact) mass is 238 g/mol. The van der Waals surface area contributed by atoms with Crippen LogP contribution in [0.25, 0.3) is 0 Å². The molecule has 2 atom stereocenters. The molecule has 0 aromatic carbocycles. The summed E-state index contributed by atoms with van der Waals surface area (Å²) in [5.74, 6) is 1.00. The molecule has 2 heterocycles. The number of aromatic nitrogens is 3. The van der Waals surface area contributed by atoms with E-state index in [2.05, 4.69) is 29.2 Å². The zero-order valence-corrected chi connectivity index (χ0v) is 10.7.